The zero-order valence-corrected chi connectivity index (χ0v) is 23.2. The van der Waals surface area contributed by atoms with Crippen molar-refractivity contribution in [3.63, 3.8) is 0 Å². The molecule has 0 spiro atoms. The second kappa shape index (κ2) is 12.3. The molecule has 3 rings (SSSR count). The van der Waals surface area contributed by atoms with Gasteiger partial charge in [-0.3, -0.25) is 0 Å². The van der Waals surface area contributed by atoms with Crippen molar-refractivity contribution in [2.45, 2.75) is 58.0 Å². The molecule has 0 saturated carbocycles. The van der Waals surface area contributed by atoms with Crippen molar-refractivity contribution in [1.82, 2.24) is 5.32 Å². The molecule has 0 amide bonds. The lowest BCUT2D eigenvalue weighted by atomic mass is 10.0. The van der Waals surface area contributed by atoms with Crippen LogP contribution in [0.5, 0.6) is 5.75 Å². The first-order chi connectivity index (χ1) is 16.7. The molecular formula is C31H41NO2Si. The van der Waals surface area contributed by atoms with E-state index in [9.17, 15) is 0 Å². The molecule has 0 unspecified atom stereocenters. The molecule has 4 heteroatoms. The topological polar surface area (TPSA) is 30.5 Å². The van der Waals surface area contributed by atoms with Crippen LogP contribution < -0.4 is 10.1 Å². The van der Waals surface area contributed by atoms with Crippen molar-refractivity contribution in [2.24, 2.45) is 0 Å². The first-order valence-corrected chi connectivity index (χ1v) is 15.4. The Morgan fingerprint density at radius 2 is 1.49 bits per heavy atom. The molecule has 0 heterocycles. The zero-order chi connectivity index (χ0) is 25.3. The molecule has 0 saturated heterocycles. The van der Waals surface area contributed by atoms with Gasteiger partial charge >= 0.3 is 0 Å². The van der Waals surface area contributed by atoms with Crippen molar-refractivity contribution >= 4 is 13.9 Å². The Hall–Kier alpha value is -2.66. The average Bonchev–Trinajstić information content (AvgIpc) is 2.85. The van der Waals surface area contributed by atoms with Crippen LogP contribution in [-0.2, 0) is 11.0 Å². The summed E-state index contributed by atoms with van der Waals surface area (Å²) in [5.74, 6) is 0.866. The van der Waals surface area contributed by atoms with Crippen molar-refractivity contribution in [3.05, 3.63) is 108 Å². The molecule has 1 atom stereocenters. The maximum absolute atomic E-state index is 6.96. The van der Waals surface area contributed by atoms with E-state index in [1.807, 2.05) is 12.1 Å². The Labute approximate surface area is 213 Å². The summed E-state index contributed by atoms with van der Waals surface area (Å²) in [5.41, 5.74) is 5.02. The lowest BCUT2D eigenvalue weighted by molar-refractivity contribution is 0.186. The molecule has 0 bridgehead atoms. The Morgan fingerprint density at radius 3 is 2.06 bits per heavy atom. The van der Waals surface area contributed by atoms with Crippen molar-refractivity contribution in [3.8, 4) is 5.75 Å². The Balaban J connectivity index is 1.85. The maximum atomic E-state index is 6.96. The Kier molecular flexibility index (Phi) is 9.50. The van der Waals surface area contributed by atoms with Crippen molar-refractivity contribution < 1.29 is 9.16 Å². The molecule has 0 radical (unpaired) electrons. The lowest BCUT2D eigenvalue weighted by Gasteiger charge is -2.39. The minimum atomic E-state index is -1.97. The largest absolute Gasteiger partial charge is 0.497 e. The normalized spacial score (nSPS) is 13.5. The third-order valence-corrected chi connectivity index (χ3v) is 11.4. The van der Waals surface area contributed by atoms with Gasteiger partial charge in [0.05, 0.1) is 13.2 Å². The molecule has 3 aromatic carbocycles. The number of hydrogen-bond acceptors (Lipinski definition) is 3. The van der Waals surface area contributed by atoms with Gasteiger partial charge < -0.3 is 14.5 Å². The maximum Gasteiger partial charge on any atom is 0.192 e. The monoisotopic (exact) mass is 487 g/mol. The van der Waals surface area contributed by atoms with Crippen LogP contribution in [0.15, 0.2) is 91.0 Å². The van der Waals surface area contributed by atoms with Gasteiger partial charge in [-0.05, 0) is 58.9 Å². The Bertz CT molecular complexity index is 1050. The molecule has 186 valence electrons. The van der Waals surface area contributed by atoms with Gasteiger partial charge in [-0.2, -0.15) is 0 Å². The molecule has 0 aliphatic heterocycles. The SMILES string of the molecule is COc1ccc([C@@H](C/C=C(\CNCc2ccccc2)c2ccccc2)O[Si](C)(C)C(C)(C)C)cc1. The Morgan fingerprint density at radius 1 is 0.886 bits per heavy atom. The first kappa shape index (κ1) is 26.9. The first-order valence-electron chi connectivity index (χ1n) is 12.5. The van der Waals surface area contributed by atoms with Gasteiger partial charge in [0, 0.05) is 13.1 Å². The van der Waals surface area contributed by atoms with E-state index in [2.05, 4.69) is 118 Å². The van der Waals surface area contributed by atoms with Crippen LogP contribution in [0.25, 0.3) is 5.57 Å². The van der Waals surface area contributed by atoms with Gasteiger partial charge in [0.15, 0.2) is 8.32 Å². The fraction of sp³-hybridized carbons (Fsp3) is 0.355. The summed E-state index contributed by atoms with van der Waals surface area (Å²) in [7, 11) is -0.265. The van der Waals surface area contributed by atoms with Crippen LogP contribution in [0.3, 0.4) is 0 Å². The van der Waals surface area contributed by atoms with Crippen molar-refractivity contribution in [2.75, 3.05) is 13.7 Å². The predicted molar refractivity (Wildman–Crippen MR) is 151 cm³/mol. The van der Waals surface area contributed by atoms with E-state index in [1.165, 1.54) is 22.3 Å². The number of hydrogen-bond donors (Lipinski definition) is 1. The fourth-order valence-electron chi connectivity index (χ4n) is 3.73. The number of nitrogens with one attached hydrogen (secondary N) is 1. The summed E-state index contributed by atoms with van der Waals surface area (Å²) >= 11 is 0. The standard InChI is InChI=1S/C31H41NO2Si/c1-31(2,3)35(5,6)34-30(27-17-20-29(33-4)21-18-27)22-19-28(26-15-11-8-12-16-26)24-32-23-25-13-9-7-10-14-25/h7-21,30,32H,22-24H2,1-6H3/b28-19+/t30-/m1/s1. The van der Waals surface area contributed by atoms with Gasteiger partial charge in [-0.15, -0.1) is 0 Å². The molecular weight excluding hydrogens is 446 g/mol. The van der Waals surface area contributed by atoms with E-state index in [0.717, 1.165) is 25.3 Å². The predicted octanol–water partition coefficient (Wildman–Crippen LogP) is 8.02. The quantitative estimate of drug-likeness (QED) is 0.278. The number of ether oxygens (including phenoxy) is 1. The number of methoxy groups -OCH3 is 1. The third kappa shape index (κ3) is 7.92. The number of benzene rings is 3. The zero-order valence-electron chi connectivity index (χ0n) is 22.2. The summed E-state index contributed by atoms with van der Waals surface area (Å²) in [4.78, 5) is 0. The highest BCUT2D eigenvalue weighted by atomic mass is 28.4. The molecule has 3 aromatic rings. The van der Waals surface area contributed by atoms with Crippen LogP contribution >= 0.6 is 0 Å². The molecule has 35 heavy (non-hydrogen) atoms. The van der Waals surface area contributed by atoms with E-state index in [-0.39, 0.29) is 11.1 Å². The lowest BCUT2D eigenvalue weighted by Crippen LogP contribution is -2.41. The van der Waals surface area contributed by atoms with Gasteiger partial charge in [-0.25, -0.2) is 0 Å². The van der Waals surface area contributed by atoms with E-state index in [0.29, 0.717) is 0 Å². The molecule has 0 aromatic heterocycles. The van der Waals surface area contributed by atoms with Crippen LogP contribution in [0.1, 0.15) is 50.0 Å². The minimum Gasteiger partial charge on any atom is -0.497 e. The summed E-state index contributed by atoms with van der Waals surface area (Å²) in [6.07, 6.45) is 3.17. The molecule has 0 aliphatic rings. The highest BCUT2D eigenvalue weighted by Crippen LogP contribution is 2.41. The summed E-state index contributed by atoms with van der Waals surface area (Å²) in [6.45, 7) is 13.2. The summed E-state index contributed by atoms with van der Waals surface area (Å²) in [6, 6.07) is 29.5. The average molecular weight is 488 g/mol. The number of rotatable bonds is 11. The van der Waals surface area contributed by atoms with Gasteiger partial charge in [0.25, 0.3) is 0 Å². The van der Waals surface area contributed by atoms with E-state index in [1.54, 1.807) is 7.11 Å². The van der Waals surface area contributed by atoms with Crippen LogP contribution in [0.4, 0.5) is 0 Å². The second-order valence-electron chi connectivity index (χ2n) is 10.6. The van der Waals surface area contributed by atoms with Crippen LogP contribution in [0.2, 0.25) is 18.1 Å². The molecule has 0 fully saturated rings. The van der Waals surface area contributed by atoms with Gasteiger partial charge in [0.1, 0.15) is 5.75 Å². The second-order valence-corrected chi connectivity index (χ2v) is 15.3. The summed E-state index contributed by atoms with van der Waals surface area (Å²) in [5, 5.41) is 3.77. The third-order valence-electron chi connectivity index (χ3n) is 6.94. The fourth-order valence-corrected chi connectivity index (χ4v) is 5.03. The van der Waals surface area contributed by atoms with Gasteiger partial charge in [-0.1, -0.05) is 99.6 Å². The molecule has 1 N–H and O–H groups in total. The van der Waals surface area contributed by atoms with E-state index >= 15 is 0 Å². The van der Waals surface area contributed by atoms with Crippen LogP contribution in [0, 0.1) is 0 Å². The van der Waals surface area contributed by atoms with Gasteiger partial charge in [0.2, 0.25) is 0 Å². The highest BCUT2D eigenvalue weighted by molar-refractivity contribution is 6.74. The van der Waals surface area contributed by atoms with E-state index < -0.39 is 8.32 Å². The highest BCUT2D eigenvalue weighted by Gasteiger charge is 2.39. The molecule has 3 nitrogen and oxygen atoms in total. The van der Waals surface area contributed by atoms with Crippen molar-refractivity contribution in [1.29, 1.82) is 0 Å². The molecule has 0 aliphatic carbocycles. The van der Waals surface area contributed by atoms with E-state index in [4.69, 9.17) is 9.16 Å². The minimum absolute atomic E-state index is 0.00497. The smallest absolute Gasteiger partial charge is 0.192 e. The summed E-state index contributed by atoms with van der Waals surface area (Å²) < 4.78 is 12.3. The van der Waals surface area contributed by atoms with Crippen LogP contribution in [-0.4, -0.2) is 22.0 Å².